The monoisotopic (exact) mass is 649 g/mol. The lowest BCUT2D eigenvalue weighted by molar-refractivity contribution is -0.00832. The third-order valence-electron chi connectivity index (χ3n) is 7.39. The van der Waals surface area contributed by atoms with Gasteiger partial charge in [-0.15, -0.1) is 0 Å². The summed E-state index contributed by atoms with van der Waals surface area (Å²) in [6, 6.07) is 13.3. The summed E-state index contributed by atoms with van der Waals surface area (Å²) in [5, 5.41) is 16.2. The Labute approximate surface area is 269 Å². The van der Waals surface area contributed by atoms with E-state index in [1.807, 2.05) is 62.4 Å². The summed E-state index contributed by atoms with van der Waals surface area (Å²) in [5.74, 6) is 0.748. The Morgan fingerprint density at radius 3 is 2.56 bits per heavy atom. The number of benzene rings is 2. The molecule has 0 bridgehead atoms. The first-order valence-electron chi connectivity index (χ1n) is 14.9. The molecule has 238 valence electrons. The molecule has 0 atom stereocenters. The number of halogens is 1. The Bertz CT molecular complexity index is 1810. The van der Waals surface area contributed by atoms with Crippen molar-refractivity contribution in [1.82, 2.24) is 25.1 Å². The fourth-order valence-electron chi connectivity index (χ4n) is 5.82. The molecule has 0 fully saturated rings. The van der Waals surface area contributed by atoms with E-state index in [0.29, 0.717) is 47.3 Å². The van der Waals surface area contributed by atoms with Crippen molar-refractivity contribution in [2.45, 2.75) is 53.1 Å². The molecule has 0 saturated carbocycles. The van der Waals surface area contributed by atoms with E-state index in [-0.39, 0.29) is 11.5 Å². The Morgan fingerprint density at radius 1 is 1.11 bits per heavy atom. The fourth-order valence-corrected chi connectivity index (χ4v) is 7.12. The van der Waals surface area contributed by atoms with Crippen LogP contribution in [0.4, 0.5) is 27.9 Å². The Morgan fingerprint density at radius 2 is 1.87 bits per heavy atom. The van der Waals surface area contributed by atoms with E-state index in [9.17, 15) is 9.36 Å². The van der Waals surface area contributed by atoms with Crippen LogP contribution in [0.1, 0.15) is 53.2 Å². The van der Waals surface area contributed by atoms with Gasteiger partial charge in [0.2, 0.25) is 5.95 Å². The van der Waals surface area contributed by atoms with E-state index in [1.54, 1.807) is 18.2 Å². The summed E-state index contributed by atoms with van der Waals surface area (Å²) in [7, 11) is -2.54. The molecule has 0 radical (unpaired) electrons. The molecule has 0 unspecified atom stereocenters. The second-order valence-electron chi connectivity index (χ2n) is 13.6. The minimum Gasteiger partial charge on any atom is -0.443 e. The lowest BCUT2D eigenvalue weighted by Crippen LogP contribution is -2.41. The number of nitrogens with one attached hydrogen (secondary N) is 3. The van der Waals surface area contributed by atoms with Crippen LogP contribution in [0.2, 0.25) is 5.02 Å². The van der Waals surface area contributed by atoms with Gasteiger partial charge in [-0.3, -0.25) is 5.10 Å². The predicted molar refractivity (Wildman–Crippen MR) is 184 cm³/mol. The van der Waals surface area contributed by atoms with Crippen molar-refractivity contribution in [3.63, 3.8) is 0 Å². The van der Waals surface area contributed by atoms with E-state index >= 15 is 0 Å². The molecule has 0 aliphatic carbocycles. The maximum atomic E-state index is 12.9. The maximum Gasteiger partial charge on any atom is 0.410 e. The number of carbonyl (C=O) groups is 1. The Kier molecular flexibility index (Phi) is 9.02. The summed E-state index contributed by atoms with van der Waals surface area (Å²) in [5.41, 5.74) is 3.75. The molecule has 1 aliphatic heterocycles. The fraction of sp³-hybridized carbons (Fsp3) is 0.394. The second-order valence-corrected chi connectivity index (χ2v) is 17.2. The first-order valence-corrected chi connectivity index (χ1v) is 17.9. The molecule has 5 rings (SSSR count). The van der Waals surface area contributed by atoms with Crippen LogP contribution in [0.3, 0.4) is 0 Å². The highest BCUT2D eigenvalue weighted by molar-refractivity contribution is 7.70. The van der Waals surface area contributed by atoms with Gasteiger partial charge in [-0.2, -0.15) is 10.1 Å². The number of ether oxygens (including phenoxy) is 1. The first kappa shape index (κ1) is 32.5. The van der Waals surface area contributed by atoms with E-state index in [1.165, 1.54) is 6.20 Å². The molecule has 1 amide bonds. The van der Waals surface area contributed by atoms with Crippen LogP contribution >= 0.6 is 18.7 Å². The number of anilines is 4. The molecule has 12 heteroatoms. The van der Waals surface area contributed by atoms with Gasteiger partial charge in [-0.1, -0.05) is 50.6 Å². The van der Waals surface area contributed by atoms with Crippen molar-refractivity contribution in [3.05, 3.63) is 65.5 Å². The molecule has 3 heterocycles. The van der Waals surface area contributed by atoms with E-state index < -0.39 is 12.7 Å². The molecular formula is C33H41ClN7O3P. The van der Waals surface area contributed by atoms with Crippen LogP contribution in [0.15, 0.2) is 54.7 Å². The molecule has 3 N–H and O–H groups in total. The van der Waals surface area contributed by atoms with Crippen LogP contribution < -0.4 is 15.9 Å². The maximum absolute atomic E-state index is 12.9. The number of fused-ring (bicyclic) bond motifs is 1. The molecule has 0 saturated heterocycles. The van der Waals surface area contributed by atoms with Crippen molar-refractivity contribution in [1.29, 1.82) is 0 Å². The van der Waals surface area contributed by atoms with Gasteiger partial charge in [0, 0.05) is 29.5 Å². The molecule has 2 aromatic heterocycles. The Balaban J connectivity index is 1.31. The van der Waals surface area contributed by atoms with Gasteiger partial charge in [-0.25, -0.2) is 9.78 Å². The molecule has 4 aromatic rings. The van der Waals surface area contributed by atoms with E-state index in [0.717, 1.165) is 34.3 Å². The van der Waals surface area contributed by atoms with Gasteiger partial charge in [0.05, 0.1) is 23.1 Å². The number of aromatic nitrogens is 4. The van der Waals surface area contributed by atoms with Crippen molar-refractivity contribution >= 4 is 69.8 Å². The number of amides is 1. The SMILES string of the molecule is CC(C)(C)CC(C)(C)OC(=O)N1CC=C(c2n[nH]c3ccc(Nc4ncc(Cl)c(Nc5ccccc5P(C)(C)=O)n4)cc23)CC1. The minimum absolute atomic E-state index is 0.0508. The number of hydrogen-bond acceptors (Lipinski definition) is 8. The summed E-state index contributed by atoms with van der Waals surface area (Å²) < 4.78 is 18.7. The summed E-state index contributed by atoms with van der Waals surface area (Å²) >= 11 is 6.44. The Hall–Kier alpha value is -3.88. The van der Waals surface area contributed by atoms with Crippen molar-refractivity contribution in [2.75, 3.05) is 37.1 Å². The number of aromatic amines is 1. The van der Waals surface area contributed by atoms with Gasteiger partial charge >= 0.3 is 6.09 Å². The van der Waals surface area contributed by atoms with Crippen LogP contribution in [0.5, 0.6) is 0 Å². The van der Waals surface area contributed by atoms with E-state index in [4.69, 9.17) is 16.3 Å². The molecule has 2 aromatic carbocycles. The lowest BCUT2D eigenvalue weighted by Gasteiger charge is -2.35. The minimum atomic E-state index is -2.54. The third kappa shape index (κ3) is 8.05. The van der Waals surface area contributed by atoms with Crippen LogP contribution in [0, 0.1) is 5.41 Å². The predicted octanol–water partition coefficient (Wildman–Crippen LogP) is 8.18. The third-order valence-corrected chi connectivity index (χ3v) is 9.22. The quantitative estimate of drug-likeness (QED) is 0.163. The number of H-pyrrole nitrogens is 1. The van der Waals surface area contributed by atoms with Gasteiger partial charge in [0.1, 0.15) is 17.8 Å². The summed E-state index contributed by atoms with van der Waals surface area (Å²) in [6.07, 6.45) is 4.70. The molecule has 1 aliphatic rings. The zero-order valence-corrected chi connectivity index (χ0v) is 28.5. The average molecular weight is 650 g/mol. The molecule has 0 spiro atoms. The molecular weight excluding hydrogens is 609 g/mol. The van der Waals surface area contributed by atoms with Crippen molar-refractivity contribution < 1.29 is 14.1 Å². The topological polar surface area (TPSA) is 125 Å². The van der Waals surface area contributed by atoms with E-state index in [2.05, 4.69) is 51.6 Å². The number of para-hydroxylation sites is 1. The summed E-state index contributed by atoms with van der Waals surface area (Å²) in [6.45, 7) is 14.8. The summed E-state index contributed by atoms with van der Waals surface area (Å²) in [4.78, 5) is 23.6. The van der Waals surface area contributed by atoms with Crippen LogP contribution in [-0.4, -0.2) is 63.2 Å². The number of hydrogen-bond donors (Lipinski definition) is 3. The standard InChI is InChI=1S/C33H41ClN7O3P/c1-32(2,3)20-33(4,5)44-31(42)41-16-14-21(15-17-41)28-23-18-22(12-13-25(23)39-40-28)36-30-35-19-24(34)29(38-30)37-26-10-8-9-11-27(26)45(6,7)43/h8-14,18-19H,15-17,20H2,1-7H3,(H,39,40)(H2,35,36,37,38). The number of rotatable bonds is 8. The van der Waals surface area contributed by atoms with Gasteiger partial charge in [-0.05, 0) is 81.3 Å². The first-order chi connectivity index (χ1) is 21.1. The normalized spacial score (nSPS) is 14.3. The average Bonchev–Trinajstić information content (AvgIpc) is 3.36. The second kappa shape index (κ2) is 12.5. The van der Waals surface area contributed by atoms with Crippen LogP contribution in [0.25, 0.3) is 16.5 Å². The van der Waals surface area contributed by atoms with Crippen molar-refractivity contribution in [2.24, 2.45) is 5.41 Å². The van der Waals surface area contributed by atoms with Gasteiger partial charge in [0.15, 0.2) is 5.82 Å². The smallest absolute Gasteiger partial charge is 0.410 e. The highest BCUT2D eigenvalue weighted by Gasteiger charge is 2.31. The zero-order valence-electron chi connectivity index (χ0n) is 26.9. The van der Waals surface area contributed by atoms with Gasteiger partial charge < -0.3 is 24.8 Å². The number of nitrogens with zero attached hydrogens (tertiary/aromatic N) is 4. The number of carbonyl (C=O) groups excluding carboxylic acids is 1. The highest BCUT2D eigenvalue weighted by atomic mass is 35.5. The molecule has 45 heavy (non-hydrogen) atoms. The lowest BCUT2D eigenvalue weighted by atomic mass is 9.84. The van der Waals surface area contributed by atoms with Crippen molar-refractivity contribution in [3.8, 4) is 0 Å². The highest BCUT2D eigenvalue weighted by Crippen LogP contribution is 2.39. The molecule has 10 nitrogen and oxygen atoms in total. The largest absolute Gasteiger partial charge is 0.443 e. The van der Waals surface area contributed by atoms with Crippen LogP contribution in [-0.2, 0) is 9.30 Å². The zero-order chi connectivity index (χ0) is 32.6. The van der Waals surface area contributed by atoms with Gasteiger partial charge in [0.25, 0.3) is 0 Å².